The van der Waals surface area contributed by atoms with Gasteiger partial charge in [0.05, 0.1) is 5.56 Å². The first kappa shape index (κ1) is 19.1. The Morgan fingerprint density at radius 1 is 1.07 bits per heavy atom. The highest BCUT2D eigenvalue weighted by Gasteiger charge is 2.11. The second-order valence-corrected chi connectivity index (χ2v) is 6.38. The van der Waals surface area contributed by atoms with E-state index in [0.717, 1.165) is 22.4 Å². The van der Waals surface area contributed by atoms with Crippen LogP contribution < -0.4 is 16.4 Å². The van der Waals surface area contributed by atoms with E-state index in [2.05, 4.69) is 20.6 Å². The number of para-hydroxylation sites is 1. The zero-order valence-electron chi connectivity index (χ0n) is 15.9. The predicted octanol–water partition coefficient (Wildman–Crippen LogP) is 3.59. The number of carbonyl (C=O) groups excluding carboxylic acids is 1. The van der Waals surface area contributed by atoms with Gasteiger partial charge >= 0.3 is 0 Å². The second kappa shape index (κ2) is 8.81. The maximum Gasteiger partial charge on any atom is 0.258 e. The van der Waals surface area contributed by atoms with Crippen molar-refractivity contribution in [3.05, 3.63) is 89.1 Å². The summed E-state index contributed by atoms with van der Waals surface area (Å²) in [6, 6.07) is 18.9. The molecule has 6 heteroatoms. The summed E-state index contributed by atoms with van der Waals surface area (Å²) in [6.45, 7) is 2.53. The molecule has 1 heterocycles. The van der Waals surface area contributed by atoms with Crippen molar-refractivity contribution in [3.8, 4) is 0 Å². The van der Waals surface area contributed by atoms with Crippen molar-refractivity contribution in [2.24, 2.45) is 10.7 Å². The molecule has 1 aromatic heterocycles. The number of amides is 1. The molecule has 3 aromatic rings. The Morgan fingerprint density at radius 3 is 2.50 bits per heavy atom. The van der Waals surface area contributed by atoms with E-state index in [1.807, 2.05) is 55.5 Å². The van der Waals surface area contributed by atoms with Gasteiger partial charge in [-0.2, -0.15) is 0 Å². The average Bonchev–Trinajstić information content (AvgIpc) is 2.74. The van der Waals surface area contributed by atoms with E-state index in [1.165, 1.54) is 0 Å². The molecule has 6 nitrogen and oxygen atoms in total. The number of anilines is 2. The third-order valence-electron chi connectivity index (χ3n) is 4.30. The lowest BCUT2D eigenvalue weighted by Crippen LogP contribution is -2.15. The molecule has 28 heavy (non-hydrogen) atoms. The van der Waals surface area contributed by atoms with Crippen LogP contribution in [0.4, 0.5) is 11.5 Å². The minimum absolute atomic E-state index is 0.207. The highest BCUT2D eigenvalue weighted by atomic mass is 16.1. The first-order valence-corrected chi connectivity index (χ1v) is 8.95. The maximum atomic E-state index is 12.7. The van der Waals surface area contributed by atoms with Crippen LogP contribution in [-0.2, 0) is 6.54 Å². The fourth-order valence-electron chi connectivity index (χ4n) is 2.68. The van der Waals surface area contributed by atoms with Crippen molar-refractivity contribution in [1.29, 1.82) is 0 Å². The first-order valence-electron chi connectivity index (χ1n) is 8.95. The summed E-state index contributed by atoms with van der Waals surface area (Å²) in [5.41, 5.74) is 10.1. The van der Waals surface area contributed by atoms with Crippen molar-refractivity contribution in [3.63, 3.8) is 0 Å². The Morgan fingerprint density at radius 2 is 1.82 bits per heavy atom. The Bertz CT molecular complexity index is 979. The van der Waals surface area contributed by atoms with Gasteiger partial charge in [-0.15, -0.1) is 0 Å². The molecule has 0 atom stereocenters. The largest absolute Gasteiger partial charge is 0.384 e. The molecule has 0 fully saturated rings. The fraction of sp³-hybridized carbons (Fsp3) is 0.136. The van der Waals surface area contributed by atoms with Gasteiger partial charge in [-0.25, -0.2) is 4.98 Å². The minimum atomic E-state index is -0.207. The number of nitrogens with one attached hydrogen (secondary N) is 2. The normalized spacial score (nSPS) is 11.1. The molecule has 4 N–H and O–H groups in total. The lowest BCUT2D eigenvalue weighted by atomic mass is 10.1. The number of hydrogen-bond donors (Lipinski definition) is 3. The lowest BCUT2D eigenvalue weighted by molar-refractivity contribution is 0.102. The van der Waals surface area contributed by atoms with Gasteiger partial charge in [-0.05, 0) is 36.2 Å². The molecule has 0 radical (unpaired) electrons. The Balaban J connectivity index is 1.69. The number of carbonyl (C=O) groups is 1. The number of aliphatic imine (C=N–C) groups is 1. The molecule has 0 spiro atoms. The third kappa shape index (κ3) is 4.73. The Kier molecular flexibility index (Phi) is 6.01. The predicted molar refractivity (Wildman–Crippen MR) is 114 cm³/mol. The van der Waals surface area contributed by atoms with Crippen molar-refractivity contribution < 1.29 is 4.79 Å². The number of aryl methyl sites for hydroxylation is 1. The number of nitrogens with zero attached hydrogens (tertiary/aromatic N) is 2. The zero-order valence-corrected chi connectivity index (χ0v) is 15.9. The number of nitrogens with two attached hydrogens (primary N) is 1. The number of pyridine rings is 1. The van der Waals surface area contributed by atoms with Crippen LogP contribution in [-0.4, -0.2) is 23.8 Å². The molecule has 0 bridgehead atoms. The highest BCUT2D eigenvalue weighted by molar-refractivity contribution is 6.07. The van der Waals surface area contributed by atoms with E-state index in [4.69, 9.17) is 5.73 Å². The van der Waals surface area contributed by atoms with Crippen LogP contribution in [0.5, 0.6) is 0 Å². The standard InChI is InChI=1S/C22H23N5O/c1-15-7-12-20(26-13-15)27-22(28)18-5-3-4-6-19(18)25-14-16-8-10-17(11-9-16)21(23)24-2/h3-13,25H,14H2,1-2H3,(H2,23,24)(H,26,27,28). The van der Waals surface area contributed by atoms with Gasteiger partial charge in [0.25, 0.3) is 5.91 Å². The summed E-state index contributed by atoms with van der Waals surface area (Å²) < 4.78 is 0. The van der Waals surface area contributed by atoms with Crippen LogP contribution in [0.2, 0.25) is 0 Å². The molecule has 0 unspecified atom stereocenters. The van der Waals surface area contributed by atoms with E-state index in [0.29, 0.717) is 23.8 Å². The fourth-order valence-corrected chi connectivity index (χ4v) is 2.68. The van der Waals surface area contributed by atoms with E-state index in [-0.39, 0.29) is 5.91 Å². The second-order valence-electron chi connectivity index (χ2n) is 6.38. The summed E-state index contributed by atoms with van der Waals surface area (Å²) in [5, 5.41) is 6.16. The highest BCUT2D eigenvalue weighted by Crippen LogP contribution is 2.18. The van der Waals surface area contributed by atoms with Crippen molar-refractivity contribution in [2.75, 3.05) is 17.7 Å². The summed E-state index contributed by atoms with van der Waals surface area (Å²) in [6.07, 6.45) is 1.72. The molecule has 2 aromatic carbocycles. The number of amidine groups is 1. The minimum Gasteiger partial charge on any atom is -0.384 e. The van der Waals surface area contributed by atoms with Crippen LogP contribution in [0, 0.1) is 6.92 Å². The number of benzene rings is 2. The quantitative estimate of drug-likeness (QED) is 0.455. The van der Waals surface area contributed by atoms with Crippen LogP contribution in [0.15, 0.2) is 71.9 Å². The van der Waals surface area contributed by atoms with E-state index in [9.17, 15) is 4.79 Å². The molecule has 0 saturated carbocycles. The number of rotatable bonds is 6. The van der Waals surface area contributed by atoms with E-state index < -0.39 is 0 Å². The van der Waals surface area contributed by atoms with Gasteiger partial charge in [-0.3, -0.25) is 9.79 Å². The topological polar surface area (TPSA) is 92.4 Å². The van der Waals surface area contributed by atoms with Gasteiger partial charge in [-0.1, -0.05) is 42.5 Å². The van der Waals surface area contributed by atoms with E-state index >= 15 is 0 Å². The molecule has 142 valence electrons. The van der Waals surface area contributed by atoms with Crippen molar-refractivity contribution in [1.82, 2.24) is 4.98 Å². The summed E-state index contributed by atoms with van der Waals surface area (Å²) >= 11 is 0. The Labute approximate surface area is 164 Å². The van der Waals surface area contributed by atoms with Crippen molar-refractivity contribution >= 4 is 23.2 Å². The van der Waals surface area contributed by atoms with Crippen LogP contribution in [0.25, 0.3) is 0 Å². The smallest absolute Gasteiger partial charge is 0.258 e. The molecular formula is C22H23N5O. The first-order chi connectivity index (χ1) is 13.6. The number of hydrogen-bond acceptors (Lipinski definition) is 4. The SMILES string of the molecule is CN=C(N)c1ccc(CNc2ccccc2C(=O)Nc2ccc(C)cn2)cc1. The summed E-state index contributed by atoms with van der Waals surface area (Å²) in [5.74, 6) is 0.823. The lowest BCUT2D eigenvalue weighted by Gasteiger charge is -2.12. The molecule has 0 saturated heterocycles. The monoisotopic (exact) mass is 373 g/mol. The van der Waals surface area contributed by atoms with Crippen LogP contribution >= 0.6 is 0 Å². The molecule has 0 aliphatic carbocycles. The molecular weight excluding hydrogens is 350 g/mol. The van der Waals surface area contributed by atoms with Gasteiger partial charge < -0.3 is 16.4 Å². The molecule has 0 aliphatic rings. The van der Waals surface area contributed by atoms with Crippen molar-refractivity contribution in [2.45, 2.75) is 13.5 Å². The van der Waals surface area contributed by atoms with Gasteiger partial charge in [0, 0.05) is 31.0 Å². The summed E-state index contributed by atoms with van der Waals surface area (Å²) in [4.78, 5) is 20.9. The van der Waals surface area contributed by atoms with Gasteiger partial charge in [0.1, 0.15) is 11.7 Å². The molecule has 1 amide bonds. The zero-order chi connectivity index (χ0) is 19.9. The van der Waals surface area contributed by atoms with Crippen LogP contribution in [0.3, 0.4) is 0 Å². The molecule has 3 rings (SSSR count). The average molecular weight is 373 g/mol. The van der Waals surface area contributed by atoms with Crippen LogP contribution in [0.1, 0.15) is 27.0 Å². The summed E-state index contributed by atoms with van der Waals surface area (Å²) in [7, 11) is 1.67. The molecule has 0 aliphatic heterocycles. The Hall–Kier alpha value is -3.67. The maximum absolute atomic E-state index is 12.7. The number of aromatic nitrogens is 1. The third-order valence-corrected chi connectivity index (χ3v) is 4.30. The van der Waals surface area contributed by atoms with Gasteiger partial charge in [0.2, 0.25) is 0 Å². The van der Waals surface area contributed by atoms with Gasteiger partial charge in [0.15, 0.2) is 0 Å². The van der Waals surface area contributed by atoms with E-state index in [1.54, 1.807) is 25.4 Å².